The Kier molecular flexibility index (Phi) is 4.70. The molecule has 2 aliphatic rings. The Hall–Kier alpha value is -1.66. The number of carbonyl (C=O) groups is 2. The Morgan fingerprint density at radius 3 is 2.82 bits per heavy atom. The lowest BCUT2D eigenvalue weighted by molar-refractivity contribution is -0.135. The van der Waals surface area contributed by atoms with E-state index in [1.165, 1.54) is 12.1 Å². The van der Waals surface area contributed by atoms with Crippen molar-refractivity contribution >= 4 is 44.9 Å². The molecule has 1 aliphatic carbocycles. The summed E-state index contributed by atoms with van der Waals surface area (Å²) >= 11 is 7.33. The summed E-state index contributed by atoms with van der Waals surface area (Å²) in [6.45, 7) is 7.14. The largest absolute Gasteiger partial charge is 0.451 e. The summed E-state index contributed by atoms with van der Waals surface area (Å²) in [6.07, 6.45) is 3.06. The van der Waals surface area contributed by atoms with Gasteiger partial charge in [0.25, 0.3) is 5.91 Å². The Morgan fingerprint density at radius 1 is 1.32 bits per heavy atom. The molecule has 1 saturated heterocycles. The first-order valence-corrected chi connectivity index (χ1v) is 10.6. The second-order valence-electron chi connectivity index (χ2n) is 9.20. The van der Waals surface area contributed by atoms with Gasteiger partial charge in [0.1, 0.15) is 10.7 Å². The van der Waals surface area contributed by atoms with E-state index >= 15 is 0 Å². The van der Waals surface area contributed by atoms with Gasteiger partial charge in [-0.2, -0.15) is 0 Å². The lowest BCUT2D eigenvalue weighted by Crippen LogP contribution is -2.39. The number of ether oxygens (including phenoxy) is 1. The van der Waals surface area contributed by atoms with Crippen LogP contribution in [0.2, 0.25) is 5.02 Å². The molecule has 1 amide bonds. The first-order valence-electron chi connectivity index (χ1n) is 9.41. The maximum Gasteiger partial charge on any atom is 0.350 e. The van der Waals surface area contributed by atoms with Gasteiger partial charge in [0.2, 0.25) is 0 Å². The highest BCUT2D eigenvalue weighted by Crippen LogP contribution is 2.52. The second-order valence-corrected chi connectivity index (χ2v) is 10.6. The second kappa shape index (κ2) is 6.70. The fourth-order valence-corrected chi connectivity index (χ4v) is 6.62. The molecule has 0 unspecified atom stereocenters. The molecular formula is C21H23ClFNO3S. The van der Waals surface area contributed by atoms with Gasteiger partial charge in [-0.05, 0) is 48.3 Å². The molecule has 2 atom stereocenters. The molecule has 2 bridgehead atoms. The number of nitrogens with zero attached hydrogens (tertiary/aromatic N) is 1. The normalized spacial score (nSPS) is 25.9. The van der Waals surface area contributed by atoms with Crippen molar-refractivity contribution in [1.29, 1.82) is 0 Å². The molecule has 2 aromatic rings. The van der Waals surface area contributed by atoms with Crippen LogP contribution >= 0.6 is 22.9 Å². The predicted molar refractivity (Wildman–Crippen MR) is 108 cm³/mol. The minimum absolute atomic E-state index is 0.130. The molecule has 4 nitrogen and oxygen atoms in total. The molecule has 0 radical (unpaired) electrons. The quantitative estimate of drug-likeness (QED) is 0.631. The van der Waals surface area contributed by atoms with Crippen LogP contribution in [0, 0.1) is 16.6 Å². The fraction of sp³-hybridized carbons (Fsp3) is 0.524. The number of hydrogen-bond acceptors (Lipinski definition) is 4. The van der Waals surface area contributed by atoms with Crippen LogP contribution in [0.3, 0.4) is 0 Å². The number of benzene rings is 1. The first-order chi connectivity index (χ1) is 13.1. The SMILES string of the molecule is CC1(C)C[C@@H]2C[C@@](C)(CN2C(=O)COC(=O)c2sc3cc(F)ccc3c2Cl)C1. The van der Waals surface area contributed by atoms with E-state index < -0.39 is 11.8 Å². The van der Waals surface area contributed by atoms with Crippen molar-refractivity contribution in [3.63, 3.8) is 0 Å². The molecule has 2 fully saturated rings. The summed E-state index contributed by atoms with van der Waals surface area (Å²) in [7, 11) is 0. The third kappa shape index (κ3) is 3.52. The van der Waals surface area contributed by atoms with Gasteiger partial charge in [0.15, 0.2) is 6.61 Å². The molecule has 1 aromatic heterocycles. The molecule has 28 heavy (non-hydrogen) atoms. The van der Waals surface area contributed by atoms with Gasteiger partial charge >= 0.3 is 5.97 Å². The van der Waals surface area contributed by atoms with Crippen molar-refractivity contribution in [1.82, 2.24) is 4.90 Å². The number of amides is 1. The maximum absolute atomic E-state index is 13.4. The number of esters is 1. The zero-order chi connectivity index (χ0) is 20.3. The summed E-state index contributed by atoms with van der Waals surface area (Å²) in [6, 6.07) is 4.38. The van der Waals surface area contributed by atoms with E-state index in [2.05, 4.69) is 20.8 Å². The van der Waals surface area contributed by atoms with E-state index in [-0.39, 0.29) is 39.3 Å². The van der Waals surface area contributed by atoms with Crippen LogP contribution in [0.1, 0.15) is 49.7 Å². The van der Waals surface area contributed by atoms with E-state index in [1.807, 2.05) is 4.90 Å². The highest BCUT2D eigenvalue weighted by Gasteiger charge is 2.50. The number of fused-ring (bicyclic) bond motifs is 3. The van der Waals surface area contributed by atoms with Crippen molar-refractivity contribution in [2.24, 2.45) is 10.8 Å². The van der Waals surface area contributed by atoms with Crippen molar-refractivity contribution in [3.8, 4) is 0 Å². The Labute approximate surface area is 172 Å². The molecule has 7 heteroatoms. The predicted octanol–water partition coefficient (Wildman–Crippen LogP) is 5.28. The highest BCUT2D eigenvalue weighted by atomic mass is 35.5. The summed E-state index contributed by atoms with van der Waals surface area (Å²) in [5.41, 5.74) is 0.341. The average molecular weight is 424 g/mol. The van der Waals surface area contributed by atoms with Gasteiger partial charge in [0.05, 0.1) is 5.02 Å². The maximum atomic E-state index is 13.4. The number of hydrogen-bond donors (Lipinski definition) is 0. The minimum Gasteiger partial charge on any atom is -0.451 e. The van der Waals surface area contributed by atoms with E-state index in [0.717, 1.165) is 30.6 Å². The lowest BCUT2D eigenvalue weighted by atomic mass is 9.65. The molecular weight excluding hydrogens is 401 g/mol. The molecule has 1 aromatic carbocycles. The van der Waals surface area contributed by atoms with E-state index in [9.17, 15) is 14.0 Å². The van der Waals surface area contributed by atoms with Crippen LogP contribution in [0.15, 0.2) is 18.2 Å². The number of halogens is 2. The topological polar surface area (TPSA) is 46.6 Å². The van der Waals surface area contributed by atoms with Gasteiger partial charge in [-0.25, -0.2) is 9.18 Å². The van der Waals surface area contributed by atoms with Crippen molar-refractivity contribution in [3.05, 3.63) is 33.9 Å². The molecule has 1 aliphatic heterocycles. The monoisotopic (exact) mass is 423 g/mol. The van der Waals surface area contributed by atoms with E-state index in [4.69, 9.17) is 16.3 Å². The van der Waals surface area contributed by atoms with Crippen LogP contribution < -0.4 is 0 Å². The van der Waals surface area contributed by atoms with Crippen molar-refractivity contribution < 1.29 is 18.7 Å². The zero-order valence-corrected chi connectivity index (χ0v) is 17.8. The highest BCUT2D eigenvalue weighted by molar-refractivity contribution is 7.21. The van der Waals surface area contributed by atoms with Crippen LogP contribution in [-0.2, 0) is 9.53 Å². The average Bonchev–Trinajstić information content (AvgIpc) is 3.04. The molecule has 4 rings (SSSR count). The Bertz CT molecular complexity index is 972. The summed E-state index contributed by atoms with van der Waals surface area (Å²) in [5.74, 6) is -1.20. The van der Waals surface area contributed by atoms with E-state index in [0.29, 0.717) is 16.6 Å². The zero-order valence-electron chi connectivity index (χ0n) is 16.2. The number of rotatable bonds is 3. The number of likely N-dealkylation sites (tertiary alicyclic amines) is 1. The van der Waals surface area contributed by atoms with Crippen LogP contribution in [-0.4, -0.2) is 36.0 Å². The van der Waals surface area contributed by atoms with Gasteiger partial charge in [-0.15, -0.1) is 11.3 Å². The molecule has 2 heterocycles. The Balaban J connectivity index is 1.44. The fourth-order valence-electron chi connectivity index (χ4n) is 5.20. The minimum atomic E-state index is -0.645. The first kappa shape index (κ1) is 19.6. The smallest absolute Gasteiger partial charge is 0.350 e. The third-order valence-corrected chi connectivity index (χ3v) is 7.48. The third-order valence-electron chi connectivity index (χ3n) is 5.84. The lowest BCUT2D eigenvalue weighted by Gasteiger charge is -2.39. The standard InChI is InChI=1S/C21H23ClFNO3S/c1-20(2)7-13-8-21(3,10-20)11-24(13)16(25)9-27-19(26)18-17(22)14-5-4-12(23)6-15(14)28-18/h4-6,13H,7-11H2,1-3H3/t13-,21-/m1/s1. The van der Waals surface area contributed by atoms with Crippen molar-refractivity contribution in [2.75, 3.05) is 13.2 Å². The van der Waals surface area contributed by atoms with Crippen molar-refractivity contribution in [2.45, 2.75) is 46.1 Å². The molecule has 150 valence electrons. The van der Waals surface area contributed by atoms with E-state index in [1.54, 1.807) is 6.07 Å². The molecule has 1 saturated carbocycles. The number of carbonyl (C=O) groups excluding carboxylic acids is 2. The molecule has 0 spiro atoms. The van der Waals surface area contributed by atoms with Gasteiger partial charge in [-0.1, -0.05) is 32.4 Å². The summed E-state index contributed by atoms with van der Waals surface area (Å²) in [4.78, 5) is 27.3. The van der Waals surface area contributed by atoms with Gasteiger partial charge in [0, 0.05) is 22.7 Å². The number of thiophene rings is 1. The van der Waals surface area contributed by atoms with Crippen LogP contribution in [0.4, 0.5) is 4.39 Å². The summed E-state index contributed by atoms with van der Waals surface area (Å²) < 4.78 is 19.2. The van der Waals surface area contributed by atoms with Crippen LogP contribution in [0.25, 0.3) is 10.1 Å². The molecule has 0 N–H and O–H groups in total. The van der Waals surface area contributed by atoms with Gasteiger partial charge < -0.3 is 9.64 Å². The Morgan fingerprint density at radius 2 is 2.07 bits per heavy atom. The van der Waals surface area contributed by atoms with Crippen LogP contribution in [0.5, 0.6) is 0 Å². The summed E-state index contributed by atoms with van der Waals surface area (Å²) in [5, 5.41) is 0.846. The van der Waals surface area contributed by atoms with Gasteiger partial charge in [-0.3, -0.25) is 4.79 Å².